The maximum atomic E-state index is 13.7. The summed E-state index contributed by atoms with van der Waals surface area (Å²) in [5.74, 6) is -9.94. The van der Waals surface area contributed by atoms with Crippen molar-refractivity contribution in [3.05, 3.63) is 40.5 Å². The number of aliphatic hydroxyl groups is 1. The van der Waals surface area contributed by atoms with E-state index in [2.05, 4.69) is 9.84 Å². The summed E-state index contributed by atoms with van der Waals surface area (Å²) in [7, 11) is 2.99. The minimum absolute atomic E-state index is 0.0694. The van der Waals surface area contributed by atoms with E-state index in [4.69, 9.17) is 0 Å². The molecular weight excluding hydrogens is 320 g/mol. The third kappa shape index (κ3) is 4.21. The molecule has 0 saturated heterocycles. The predicted octanol–water partition coefficient (Wildman–Crippen LogP) is 2.62. The normalized spacial score (nSPS) is 12.3. The zero-order valence-electron chi connectivity index (χ0n) is 12.5. The van der Waals surface area contributed by atoms with E-state index >= 15 is 0 Å². The first kappa shape index (κ1) is 18.5. The van der Waals surface area contributed by atoms with Crippen molar-refractivity contribution in [3.63, 3.8) is 0 Å². The summed E-state index contributed by atoms with van der Waals surface area (Å²) in [4.78, 5) is 11.8. The second kappa shape index (κ2) is 7.61. The van der Waals surface area contributed by atoms with Crippen molar-refractivity contribution in [1.82, 2.24) is 5.01 Å². The van der Waals surface area contributed by atoms with Gasteiger partial charge in [0.1, 0.15) is 11.3 Å². The molecule has 0 fully saturated rings. The fourth-order valence-electron chi connectivity index (χ4n) is 1.48. The fourth-order valence-corrected chi connectivity index (χ4v) is 1.48. The Hall–Kier alpha value is -2.58. The average molecular weight is 334 g/mol. The molecule has 0 atom stereocenters. The van der Waals surface area contributed by atoms with Gasteiger partial charge in [-0.1, -0.05) is 0 Å². The van der Waals surface area contributed by atoms with Gasteiger partial charge in [0.05, 0.1) is 18.4 Å². The molecule has 0 aromatic heterocycles. The van der Waals surface area contributed by atoms with Gasteiger partial charge in [0, 0.05) is 14.1 Å². The Kier molecular flexibility index (Phi) is 6.11. The van der Waals surface area contributed by atoms with Gasteiger partial charge in [0.25, 0.3) is 0 Å². The number of hydrogen-bond acceptors (Lipinski definition) is 5. The number of ether oxygens (including phenoxy) is 1. The highest BCUT2D eigenvalue weighted by molar-refractivity contribution is 6.15. The second-order valence-electron chi connectivity index (χ2n) is 4.42. The van der Waals surface area contributed by atoms with Gasteiger partial charge in [0.15, 0.2) is 23.3 Å². The molecule has 23 heavy (non-hydrogen) atoms. The number of hydrogen-bond donors (Lipinski definition) is 1. The first-order valence-electron chi connectivity index (χ1n) is 6.35. The summed E-state index contributed by atoms with van der Waals surface area (Å²) in [5, 5.41) is 14.9. The molecule has 126 valence electrons. The summed E-state index contributed by atoms with van der Waals surface area (Å²) in [6, 6.07) is 0.228. The maximum absolute atomic E-state index is 13.7. The van der Waals surface area contributed by atoms with E-state index in [9.17, 15) is 27.5 Å². The molecule has 1 aromatic rings. The van der Waals surface area contributed by atoms with Crippen LogP contribution in [0.5, 0.6) is 0 Å². The summed E-state index contributed by atoms with van der Waals surface area (Å²) >= 11 is 0. The number of carbonyl (C=O) groups excluding carboxylic acids is 1. The Morgan fingerprint density at radius 2 is 1.87 bits per heavy atom. The topological polar surface area (TPSA) is 62.1 Å². The molecule has 0 spiro atoms. The Balaban J connectivity index is 3.55. The summed E-state index contributed by atoms with van der Waals surface area (Å²) in [5.41, 5.74) is -1.68. The average Bonchev–Trinajstić information content (AvgIpc) is 2.48. The predicted molar refractivity (Wildman–Crippen MR) is 74.6 cm³/mol. The molecule has 0 radical (unpaired) electrons. The zero-order chi connectivity index (χ0) is 17.7. The van der Waals surface area contributed by atoms with E-state index in [1.165, 1.54) is 26.0 Å². The standard InChI is InChI=1S/C14H14F4N2O3/c1-4-23-14(22)8(6-19-20(2)3)13(21)7-5-9(15)11(17)12(18)10(7)16/h5-6,21H,4H2,1-3H3. The highest BCUT2D eigenvalue weighted by Gasteiger charge is 2.25. The number of halogens is 4. The molecule has 1 N–H and O–H groups in total. The van der Waals surface area contributed by atoms with Crippen LogP contribution in [0.15, 0.2) is 16.7 Å². The molecule has 0 aliphatic heterocycles. The van der Waals surface area contributed by atoms with E-state index in [0.717, 1.165) is 6.21 Å². The number of rotatable bonds is 5. The smallest absolute Gasteiger partial charge is 0.343 e. The van der Waals surface area contributed by atoms with Crippen molar-refractivity contribution < 1.29 is 32.2 Å². The highest BCUT2D eigenvalue weighted by atomic mass is 19.2. The molecule has 0 aliphatic carbocycles. The van der Waals surface area contributed by atoms with Crippen molar-refractivity contribution in [3.8, 4) is 0 Å². The molecule has 0 amide bonds. The van der Waals surface area contributed by atoms with Crippen LogP contribution in [0.1, 0.15) is 12.5 Å². The minimum atomic E-state index is -2.11. The van der Waals surface area contributed by atoms with Crippen molar-refractivity contribution >= 4 is 17.9 Å². The molecule has 0 unspecified atom stereocenters. The van der Waals surface area contributed by atoms with Gasteiger partial charge >= 0.3 is 5.97 Å². The SMILES string of the molecule is CCOC(=O)C(C=NN(C)C)=C(O)c1cc(F)c(F)c(F)c1F. The van der Waals surface area contributed by atoms with Crippen LogP contribution in [0.25, 0.3) is 5.76 Å². The number of esters is 1. The largest absolute Gasteiger partial charge is 0.506 e. The summed E-state index contributed by atoms with van der Waals surface area (Å²) in [6.45, 7) is 1.41. The van der Waals surface area contributed by atoms with Gasteiger partial charge in [-0.2, -0.15) is 5.10 Å². The highest BCUT2D eigenvalue weighted by Crippen LogP contribution is 2.25. The fraction of sp³-hybridized carbons (Fsp3) is 0.286. The van der Waals surface area contributed by atoms with E-state index in [-0.39, 0.29) is 12.7 Å². The van der Waals surface area contributed by atoms with Gasteiger partial charge in [-0.25, -0.2) is 22.4 Å². The first-order chi connectivity index (χ1) is 10.7. The van der Waals surface area contributed by atoms with Gasteiger partial charge in [-0.3, -0.25) is 0 Å². The minimum Gasteiger partial charge on any atom is -0.506 e. The number of nitrogens with zero attached hydrogens (tertiary/aromatic N) is 2. The summed E-state index contributed by atoms with van der Waals surface area (Å²) < 4.78 is 57.8. The lowest BCUT2D eigenvalue weighted by Crippen LogP contribution is -2.14. The third-order valence-corrected chi connectivity index (χ3v) is 2.53. The van der Waals surface area contributed by atoms with E-state index in [1.807, 2.05) is 0 Å². The van der Waals surface area contributed by atoms with Gasteiger partial charge in [-0.15, -0.1) is 0 Å². The van der Waals surface area contributed by atoms with Gasteiger partial charge in [0.2, 0.25) is 0 Å². The monoisotopic (exact) mass is 334 g/mol. The van der Waals surface area contributed by atoms with Crippen LogP contribution in [-0.4, -0.2) is 43.0 Å². The zero-order valence-corrected chi connectivity index (χ0v) is 12.5. The molecule has 1 aromatic carbocycles. The third-order valence-electron chi connectivity index (χ3n) is 2.53. The molecule has 1 rings (SSSR count). The van der Waals surface area contributed by atoms with E-state index < -0.39 is 46.1 Å². The van der Waals surface area contributed by atoms with Gasteiger partial charge in [-0.05, 0) is 13.0 Å². The number of aliphatic hydroxyl groups excluding tert-OH is 1. The lowest BCUT2D eigenvalue weighted by Gasteiger charge is -2.10. The van der Waals surface area contributed by atoms with Crippen molar-refractivity contribution in [2.24, 2.45) is 5.10 Å². The Morgan fingerprint density at radius 3 is 2.39 bits per heavy atom. The lowest BCUT2D eigenvalue weighted by atomic mass is 10.1. The van der Waals surface area contributed by atoms with Crippen LogP contribution in [-0.2, 0) is 9.53 Å². The molecule has 0 saturated carbocycles. The Labute approximate surface area is 129 Å². The quantitative estimate of drug-likeness (QED) is 0.131. The van der Waals surface area contributed by atoms with E-state index in [0.29, 0.717) is 0 Å². The molecule has 0 aliphatic rings. The van der Waals surface area contributed by atoms with Crippen LogP contribution >= 0.6 is 0 Å². The molecular formula is C14H14F4N2O3. The Morgan fingerprint density at radius 1 is 1.26 bits per heavy atom. The second-order valence-corrected chi connectivity index (χ2v) is 4.42. The van der Waals surface area contributed by atoms with Crippen molar-refractivity contribution in [2.45, 2.75) is 6.92 Å². The van der Waals surface area contributed by atoms with Crippen molar-refractivity contribution in [2.75, 3.05) is 20.7 Å². The Bertz CT molecular complexity index is 672. The van der Waals surface area contributed by atoms with E-state index in [1.54, 1.807) is 0 Å². The number of benzene rings is 1. The molecule has 9 heteroatoms. The summed E-state index contributed by atoms with van der Waals surface area (Å²) in [6.07, 6.45) is 0.825. The maximum Gasteiger partial charge on any atom is 0.343 e. The molecule has 0 heterocycles. The van der Waals surface area contributed by atoms with Crippen molar-refractivity contribution in [1.29, 1.82) is 0 Å². The number of carbonyl (C=O) groups is 1. The molecule has 5 nitrogen and oxygen atoms in total. The lowest BCUT2D eigenvalue weighted by molar-refractivity contribution is -0.137. The van der Waals surface area contributed by atoms with Crippen LogP contribution in [0.2, 0.25) is 0 Å². The first-order valence-corrected chi connectivity index (χ1v) is 6.35. The van der Waals surface area contributed by atoms with Gasteiger partial charge < -0.3 is 14.9 Å². The van der Waals surface area contributed by atoms with Crippen LogP contribution < -0.4 is 0 Å². The number of hydrazone groups is 1. The molecule has 0 bridgehead atoms. The van der Waals surface area contributed by atoms with Crippen LogP contribution in [0.4, 0.5) is 17.6 Å². The van der Waals surface area contributed by atoms with Crippen LogP contribution in [0.3, 0.4) is 0 Å². The van der Waals surface area contributed by atoms with Crippen LogP contribution in [0, 0.1) is 23.3 Å².